The van der Waals surface area contributed by atoms with Crippen molar-refractivity contribution >= 4 is 27.7 Å². The molecule has 3 rings (SSSR count). The Hall–Kier alpha value is -2.54. The minimum Gasteiger partial charge on any atom is -0.454 e. The second kappa shape index (κ2) is 10.7. The number of nitrogens with zero attached hydrogens (tertiary/aromatic N) is 1. The van der Waals surface area contributed by atoms with Crippen molar-refractivity contribution in [1.82, 2.24) is 10.2 Å². The lowest BCUT2D eigenvalue weighted by molar-refractivity contribution is -0.140. The first-order valence-corrected chi connectivity index (χ1v) is 11.4. The molecule has 0 unspecified atom stereocenters. The Balaban J connectivity index is 1.72. The highest BCUT2D eigenvalue weighted by Gasteiger charge is 2.26. The van der Waals surface area contributed by atoms with Crippen molar-refractivity contribution in [2.24, 2.45) is 0 Å². The zero-order valence-electron chi connectivity index (χ0n) is 18.2. The minimum absolute atomic E-state index is 0.0615. The Morgan fingerprint density at radius 3 is 2.61 bits per heavy atom. The van der Waals surface area contributed by atoms with Gasteiger partial charge in [-0.2, -0.15) is 0 Å². The Bertz CT molecular complexity index is 934. The van der Waals surface area contributed by atoms with Crippen LogP contribution in [0.25, 0.3) is 0 Å². The SMILES string of the molecule is CC[C@@H](C)NC(=O)[C@@H](C)N(Cc1cccc(Br)c1)C(=O)CCc1ccc2c(c1)OCO2. The fourth-order valence-corrected chi connectivity index (χ4v) is 3.82. The number of hydrogen-bond donors (Lipinski definition) is 1. The Labute approximate surface area is 192 Å². The van der Waals surface area contributed by atoms with Gasteiger partial charge in [-0.1, -0.05) is 41.1 Å². The number of rotatable bonds is 9. The normalized spacial score (nSPS) is 14.1. The molecule has 1 aliphatic rings. The minimum atomic E-state index is -0.572. The Kier molecular flexibility index (Phi) is 7.96. The maximum absolute atomic E-state index is 13.2. The summed E-state index contributed by atoms with van der Waals surface area (Å²) in [7, 11) is 0. The molecule has 31 heavy (non-hydrogen) atoms. The number of carbonyl (C=O) groups is 2. The fourth-order valence-electron chi connectivity index (χ4n) is 3.37. The molecule has 2 aromatic carbocycles. The molecule has 0 radical (unpaired) electrons. The summed E-state index contributed by atoms with van der Waals surface area (Å²) in [5, 5.41) is 2.99. The summed E-state index contributed by atoms with van der Waals surface area (Å²) in [6, 6.07) is 13.0. The number of nitrogens with one attached hydrogen (secondary N) is 1. The highest BCUT2D eigenvalue weighted by atomic mass is 79.9. The van der Waals surface area contributed by atoms with E-state index in [0.29, 0.717) is 25.1 Å². The van der Waals surface area contributed by atoms with Gasteiger partial charge in [0.05, 0.1) is 0 Å². The quantitative estimate of drug-likeness (QED) is 0.566. The lowest BCUT2D eigenvalue weighted by Gasteiger charge is -2.30. The number of halogens is 1. The molecular formula is C24H29BrN2O4. The number of hydrogen-bond acceptors (Lipinski definition) is 4. The van der Waals surface area contributed by atoms with Crippen LogP contribution in [0.5, 0.6) is 11.5 Å². The van der Waals surface area contributed by atoms with Gasteiger partial charge in [0.25, 0.3) is 0 Å². The highest BCUT2D eigenvalue weighted by Crippen LogP contribution is 2.32. The average molecular weight is 489 g/mol. The third kappa shape index (κ3) is 6.23. The standard InChI is InChI=1S/C24H29BrN2O4/c1-4-16(2)26-24(29)17(3)27(14-19-6-5-7-20(25)12-19)23(28)11-9-18-8-10-21-22(13-18)31-15-30-21/h5-8,10,12-13,16-17H,4,9,11,14-15H2,1-3H3,(H,26,29)/t16-,17-/m1/s1. The van der Waals surface area contributed by atoms with Crippen molar-refractivity contribution in [3.63, 3.8) is 0 Å². The zero-order chi connectivity index (χ0) is 22.4. The van der Waals surface area contributed by atoms with Crippen molar-refractivity contribution in [3.8, 4) is 11.5 Å². The Morgan fingerprint density at radius 2 is 1.87 bits per heavy atom. The van der Waals surface area contributed by atoms with E-state index >= 15 is 0 Å². The molecule has 166 valence electrons. The van der Waals surface area contributed by atoms with Crippen LogP contribution in [-0.4, -0.2) is 35.6 Å². The molecule has 7 heteroatoms. The molecule has 2 aromatic rings. The number of benzene rings is 2. The van der Waals surface area contributed by atoms with Crippen LogP contribution in [-0.2, 0) is 22.6 Å². The summed E-state index contributed by atoms with van der Waals surface area (Å²) in [6.07, 6.45) is 1.70. The van der Waals surface area contributed by atoms with Crippen molar-refractivity contribution in [2.45, 2.75) is 58.7 Å². The maximum Gasteiger partial charge on any atom is 0.242 e. The predicted octanol–water partition coefficient (Wildman–Crippen LogP) is 4.44. The van der Waals surface area contributed by atoms with Gasteiger partial charge < -0.3 is 19.7 Å². The molecule has 0 spiro atoms. The van der Waals surface area contributed by atoms with E-state index in [2.05, 4.69) is 21.2 Å². The summed E-state index contributed by atoms with van der Waals surface area (Å²) in [5.41, 5.74) is 1.96. The molecule has 1 N–H and O–H groups in total. The number of ether oxygens (including phenoxy) is 2. The smallest absolute Gasteiger partial charge is 0.242 e. The van der Waals surface area contributed by atoms with Crippen molar-refractivity contribution < 1.29 is 19.1 Å². The highest BCUT2D eigenvalue weighted by molar-refractivity contribution is 9.10. The van der Waals surface area contributed by atoms with Crippen molar-refractivity contribution in [1.29, 1.82) is 0 Å². The van der Waals surface area contributed by atoms with Crippen LogP contribution >= 0.6 is 15.9 Å². The van der Waals surface area contributed by atoms with Crippen LogP contribution in [0.1, 0.15) is 44.7 Å². The molecule has 2 amide bonds. The predicted molar refractivity (Wildman–Crippen MR) is 123 cm³/mol. The van der Waals surface area contributed by atoms with E-state index in [4.69, 9.17) is 9.47 Å². The molecule has 6 nitrogen and oxygen atoms in total. The summed E-state index contributed by atoms with van der Waals surface area (Å²) in [5.74, 6) is 1.23. The first kappa shape index (κ1) is 23.1. The molecule has 1 heterocycles. The van der Waals surface area contributed by atoms with Gasteiger partial charge in [0, 0.05) is 23.5 Å². The number of fused-ring (bicyclic) bond motifs is 1. The van der Waals surface area contributed by atoms with E-state index in [-0.39, 0.29) is 24.6 Å². The molecule has 0 aromatic heterocycles. The summed E-state index contributed by atoms with van der Waals surface area (Å²) in [6.45, 7) is 6.36. The van der Waals surface area contributed by atoms with Gasteiger partial charge in [0.2, 0.25) is 18.6 Å². The van der Waals surface area contributed by atoms with Crippen molar-refractivity contribution in [3.05, 3.63) is 58.1 Å². The molecule has 0 fully saturated rings. The molecule has 0 bridgehead atoms. The van der Waals surface area contributed by atoms with Gasteiger partial charge in [0.15, 0.2) is 11.5 Å². The van der Waals surface area contributed by atoms with E-state index in [1.165, 1.54) is 0 Å². The van der Waals surface area contributed by atoms with Crippen LogP contribution in [0.15, 0.2) is 46.9 Å². The van der Waals surface area contributed by atoms with Crippen LogP contribution < -0.4 is 14.8 Å². The maximum atomic E-state index is 13.2. The van der Waals surface area contributed by atoms with Crippen LogP contribution in [0.4, 0.5) is 0 Å². The largest absolute Gasteiger partial charge is 0.454 e. The van der Waals surface area contributed by atoms with E-state index in [1.54, 1.807) is 11.8 Å². The summed E-state index contributed by atoms with van der Waals surface area (Å²) >= 11 is 3.48. The summed E-state index contributed by atoms with van der Waals surface area (Å²) in [4.78, 5) is 27.7. The number of amides is 2. The van der Waals surface area contributed by atoms with Crippen molar-refractivity contribution in [2.75, 3.05) is 6.79 Å². The third-order valence-electron chi connectivity index (χ3n) is 5.47. The second-order valence-corrected chi connectivity index (χ2v) is 8.75. The van der Waals surface area contributed by atoms with Gasteiger partial charge in [-0.05, 0) is 62.1 Å². The van der Waals surface area contributed by atoms with E-state index in [1.807, 2.05) is 56.3 Å². The third-order valence-corrected chi connectivity index (χ3v) is 5.97. The average Bonchev–Trinajstić information content (AvgIpc) is 3.23. The lowest BCUT2D eigenvalue weighted by Crippen LogP contribution is -2.49. The van der Waals surface area contributed by atoms with Crippen LogP contribution in [0.3, 0.4) is 0 Å². The van der Waals surface area contributed by atoms with Gasteiger partial charge in [0.1, 0.15) is 6.04 Å². The lowest BCUT2D eigenvalue weighted by atomic mass is 10.1. The van der Waals surface area contributed by atoms with Crippen LogP contribution in [0, 0.1) is 0 Å². The molecule has 2 atom stereocenters. The number of carbonyl (C=O) groups excluding carboxylic acids is 2. The number of aryl methyl sites for hydroxylation is 1. The Morgan fingerprint density at radius 1 is 1.10 bits per heavy atom. The second-order valence-electron chi connectivity index (χ2n) is 7.83. The molecule has 0 saturated carbocycles. The van der Waals surface area contributed by atoms with Gasteiger partial charge in [-0.15, -0.1) is 0 Å². The molecule has 1 aliphatic heterocycles. The van der Waals surface area contributed by atoms with Gasteiger partial charge >= 0.3 is 0 Å². The first-order chi connectivity index (χ1) is 14.9. The fraction of sp³-hybridized carbons (Fsp3) is 0.417. The van der Waals surface area contributed by atoms with E-state index in [9.17, 15) is 9.59 Å². The van der Waals surface area contributed by atoms with E-state index in [0.717, 1.165) is 27.8 Å². The van der Waals surface area contributed by atoms with E-state index < -0.39 is 6.04 Å². The monoisotopic (exact) mass is 488 g/mol. The molecular weight excluding hydrogens is 460 g/mol. The first-order valence-electron chi connectivity index (χ1n) is 10.6. The topological polar surface area (TPSA) is 67.9 Å². The molecule has 0 aliphatic carbocycles. The van der Waals surface area contributed by atoms with Gasteiger partial charge in [-0.3, -0.25) is 9.59 Å². The molecule has 0 saturated heterocycles. The van der Waals surface area contributed by atoms with Gasteiger partial charge in [-0.25, -0.2) is 0 Å². The van der Waals surface area contributed by atoms with Crippen LogP contribution in [0.2, 0.25) is 0 Å². The zero-order valence-corrected chi connectivity index (χ0v) is 19.8. The summed E-state index contributed by atoms with van der Waals surface area (Å²) < 4.78 is 11.7.